The van der Waals surface area contributed by atoms with Gasteiger partial charge in [-0.1, -0.05) is 43.3 Å². The Balaban J connectivity index is 1.11. The number of likely N-dealkylation sites (N-methyl/N-ethyl adjacent to an activating group) is 1. The van der Waals surface area contributed by atoms with Gasteiger partial charge in [0.25, 0.3) is 11.8 Å². The highest BCUT2D eigenvalue weighted by Crippen LogP contribution is 2.31. The van der Waals surface area contributed by atoms with Crippen molar-refractivity contribution in [2.24, 2.45) is 0 Å². The Morgan fingerprint density at radius 3 is 2.18 bits per heavy atom. The largest absolute Gasteiger partial charge is 0.494 e. The molecule has 7 heteroatoms. The minimum Gasteiger partial charge on any atom is -0.494 e. The molecule has 2 amide bonds. The molecular weight excluding hydrogens is 488 g/mol. The van der Waals surface area contributed by atoms with Crippen molar-refractivity contribution in [2.45, 2.75) is 13.3 Å². The van der Waals surface area contributed by atoms with Gasteiger partial charge in [0.15, 0.2) is 0 Å². The number of amides is 2. The Bertz CT molecular complexity index is 1470. The molecule has 0 N–H and O–H groups in total. The first-order chi connectivity index (χ1) is 19.1. The molecule has 3 heterocycles. The lowest BCUT2D eigenvalue weighted by Gasteiger charge is -2.35. The van der Waals surface area contributed by atoms with Crippen molar-refractivity contribution in [2.75, 3.05) is 50.8 Å². The van der Waals surface area contributed by atoms with Gasteiger partial charge in [-0.05, 0) is 60.8 Å². The van der Waals surface area contributed by atoms with E-state index in [1.165, 1.54) is 15.7 Å². The fourth-order valence-corrected chi connectivity index (χ4v) is 5.42. The van der Waals surface area contributed by atoms with E-state index in [9.17, 15) is 9.59 Å². The first kappa shape index (κ1) is 25.1. The molecule has 0 atom stereocenters. The lowest BCUT2D eigenvalue weighted by molar-refractivity contribution is 0.0646. The summed E-state index contributed by atoms with van der Waals surface area (Å²) in [6, 6.07) is 25.6. The molecule has 198 valence electrons. The maximum atomic E-state index is 12.5. The standard InChI is InChI=1S/C32H32N4O3/c1-2-34-17-19-35(20-18-34)30-26-9-4-3-8-24(26)22-29(33-30)23-12-14-25(15-13-23)39-21-7-16-36-31(37)27-10-5-6-11-28(27)32(36)38/h3-6,8-15,22H,2,7,16-21H2,1H3. The van der Waals surface area contributed by atoms with Gasteiger partial charge < -0.3 is 14.5 Å². The van der Waals surface area contributed by atoms with E-state index in [-0.39, 0.29) is 11.8 Å². The van der Waals surface area contributed by atoms with E-state index in [2.05, 4.69) is 47.1 Å². The van der Waals surface area contributed by atoms with E-state index in [1.54, 1.807) is 24.3 Å². The van der Waals surface area contributed by atoms with Crippen LogP contribution in [0.3, 0.4) is 0 Å². The van der Waals surface area contributed by atoms with Crippen molar-refractivity contribution in [3.05, 3.63) is 90.0 Å². The summed E-state index contributed by atoms with van der Waals surface area (Å²) in [5.41, 5.74) is 2.94. The van der Waals surface area contributed by atoms with E-state index in [4.69, 9.17) is 9.72 Å². The number of ether oxygens (including phenoxy) is 1. The lowest BCUT2D eigenvalue weighted by atomic mass is 10.1. The third-order valence-corrected chi connectivity index (χ3v) is 7.66. The number of piperazine rings is 1. The van der Waals surface area contributed by atoms with Crippen molar-refractivity contribution >= 4 is 28.4 Å². The van der Waals surface area contributed by atoms with Crippen molar-refractivity contribution in [3.8, 4) is 17.0 Å². The Labute approximate surface area is 228 Å². The highest BCUT2D eigenvalue weighted by molar-refractivity contribution is 6.21. The molecule has 0 spiro atoms. The summed E-state index contributed by atoms with van der Waals surface area (Å²) in [6.07, 6.45) is 0.564. The number of benzene rings is 3. The Hall–Kier alpha value is -4.23. The first-order valence-electron chi connectivity index (χ1n) is 13.7. The van der Waals surface area contributed by atoms with E-state index < -0.39 is 0 Å². The van der Waals surface area contributed by atoms with Gasteiger partial charge in [0.1, 0.15) is 11.6 Å². The molecule has 0 radical (unpaired) electrons. The Kier molecular flexibility index (Phi) is 6.99. The summed E-state index contributed by atoms with van der Waals surface area (Å²) >= 11 is 0. The summed E-state index contributed by atoms with van der Waals surface area (Å²) in [7, 11) is 0. The summed E-state index contributed by atoms with van der Waals surface area (Å²) in [6.45, 7) is 8.09. The number of carbonyl (C=O) groups is 2. The van der Waals surface area contributed by atoms with Crippen LogP contribution in [0.15, 0.2) is 78.9 Å². The molecule has 1 aromatic heterocycles. The second-order valence-electron chi connectivity index (χ2n) is 10.0. The molecule has 39 heavy (non-hydrogen) atoms. The van der Waals surface area contributed by atoms with E-state index in [0.717, 1.165) is 55.5 Å². The Morgan fingerprint density at radius 1 is 0.821 bits per heavy atom. The summed E-state index contributed by atoms with van der Waals surface area (Å²) in [5, 5.41) is 2.37. The second kappa shape index (κ2) is 10.9. The van der Waals surface area contributed by atoms with Crippen LogP contribution in [0.2, 0.25) is 0 Å². The van der Waals surface area contributed by atoms with Crippen molar-refractivity contribution in [3.63, 3.8) is 0 Å². The van der Waals surface area contributed by atoms with Crippen molar-refractivity contribution < 1.29 is 14.3 Å². The molecule has 0 saturated carbocycles. The predicted molar refractivity (Wildman–Crippen MR) is 153 cm³/mol. The van der Waals surface area contributed by atoms with E-state index in [0.29, 0.717) is 30.7 Å². The van der Waals surface area contributed by atoms with Gasteiger partial charge >= 0.3 is 0 Å². The number of aromatic nitrogens is 1. The number of hydrogen-bond donors (Lipinski definition) is 0. The zero-order valence-corrected chi connectivity index (χ0v) is 22.2. The second-order valence-corrected chi connectivity index (χ2v) is 10.0. The van der Waals surface area contributed by atoms with Crippen LogP contribution in [0.4, 0.5) is 5.82 Å². The van der Waals surface area contributed by atoms with Gasteiger partial charge in [0.05, 0.1) is 23.4 Å². The van der Waals surface area contributed by atoms with Crippen LogP contribution < -0.4 is 9.64 Å². The molecule has 0 unspecified atom stereocenters. The molecule has 3 aromatic carbocycles. The van der Waals surface area contributed by atoms with Gasteiger partial charge in [-0.3, -0.25) is 14.5 Å². The van der Waals surface area contributed by atoms with Gasteiger partial charge in [-0.15, -0.1) is 0 Å². The third kappa shape index (κ3) is 4.98. The average Bonchev–Trinajstić information content (AvgIpc) is 3.24. The molecule has 2 aliphatic rings. The van der Waals surface area contributed by atoms with Crippen molar-refractivity contribution in [1.29, 1.82) is 0 Å². The zero-order chi connectivity index (χ0) is 26.8. The molecule has 1 fully saturated rings. The van der Waals surface area contributed by atoms with Crippen LogP contribution in [0.25, 0.3) is 22.0 Å². The monoisotopic (exact) mass is 520 g/mol. The SMILES string of the molecule is CCN1CCN(c2nc(-c3ccc(OCCCN4C(=O)c5ccccc5C4=O)cc3)cc3ccccc23)CC1. The van der Waals surface area contributed by atoms with Gasteiger partial charge in [-0.25, -0.2) is 4.98 Å². The number of anilines is 1. The smallest absolute Gasteiger partial charge is 0.261 e. The minimum absolute atomic E-state index is 0.227. The van der Waals surface area contributed by atoms with Crippen LogP contribution >= 0.6 is 0 Å². The van der Waals surface area contributed by atoms with Gasteiger partial charge in [-0.2, -0.15) is 0 Å². The number of pyridine rings is 1. The highest BCUT2D eigenvalue weighted by Gasteiger charge is 2.34. The predicted octanol–water partition coefficient (Wildman–Crippen LogP) is 5.11. The molecule has 2 aliphatic heterocycles. The molecule has 4 aromatic rings. The Morgan fingerprint density at radius 2 is 1.49 bits per heavy atom. The fraction of sp³-hybridized carbons (Fsp3) is 0.281. The van der Waals surface area contributed by atoms with Crippen LogP contribution in [-0.2, 0) is 0 Å². The topological polar surface area (TPSA) is 66.0 Å². The summed E-state index contributed by atoms with van der Waals surface area (Å²) in [4.78, 5) is 36.4. The van der Waals surface area contributed by atoms with E-state index in [1.807, 2.05) is 24.3 Å². The maximum absolute atomic E-state index is 12.5. The van der Waals surface area contributed by atoms with E-state index >= 15 is 0 Å². The van der Waals surface area contributed by atoms with Crippen molar-refractivity contribution in [1.82, 2.24) is 14.8 Å². The highest BCUT2D eigenvalue weighted by atomic mass is 16.5. The van der Waals surface area contributed by atoms with Crippen LogP contribution in [-0.4, -0.2) is 72.5 Å². The average molecular weight is 521 g/mol. The number of rotatable bonds is 8. The number of imide groups is 1. The molecular formula is C32H32N4O3. The summed E-state index contributed by atoms with van der Waals surface area (Å²) in [5.74, 6) is 1.34. The normalized spacial score (nSPS) is 15.7. The van der Waals surface area contributed by atoms with Gasteiger partial charge in [0, 0.05) is 43.7 Å². The lowest BCUT2D eigenvalue weighted by Crippen LogP contribution is -2.46. The number of nitrogens with zero attached hydrogens (tertiary/aromatic N) is 4. The molecule has 1 saturated heterocycles. The molecule has 0 aliphatic carbocycles. The quantitative estimate of drug-likeness (QED) is 0.238. The first-order valence-corrected chi connectivity index (χ1v) is 13.7. The van der Waals surface area contributed by atoms with Gasteiger partial charge in [0.2, 0.25) is 0 Å². The zero-order valence-electron chi connectivity index (χ0n) is 22.2. The number of carbonyl (C=O) groups excluding carboxylic acids is 2. The van der Waals surface area contributed by atoms with Crippen LogP contribution in [0.5, 0.6) is 5.75 Å². The molecule has 7 nitrogen and oxygen atoms in total. The summed E-state index contributed by atoms with van der Waals surface area (Å²) < 4.78 is 5.93. The molecule has 0 bridgehead atoms. The van der Waals surface area contributed by atoms with Crippen LogP contribution in [0, 0.1) is 0 Å². The molecule has 6 rings (SSSR count). The third-order valence-electron chi connectivity index (χ3n) is 7.66. The fourth-order valence-electron chi connectivity index (χ4n) is 5.42. The number of hydrogen-bond acceptors (Lipinski definition) is 6. The maximum Gasteiger partial charge on any atom is 0.261 e. The number of fused-ring (bicyclic) bond motifs is 2. The minimum atomic E-state index is -0.227. The van der Waals surface area contributed by atoms with Crippen LogP contribution in [0.1, 0.15) is 34.1 Å².